The first-order chi connectivity index (χ1) is 12.8. The first-order valence-corrected chi connectivity index (χ1v) is 9.34. The Labute approximate surface area is 157 Å². The predicted molar refractivity (Wildman–Crippen MR) is 102 cm³/mol. The Balaban J connectivity index is 1.45. The number of hydrogen-bond donors (Lipinski definition) is 3. The summed E-state index contributed by atoms with van der Waals surface area (Å²) in [6.45, 7) is 5.96. The normalized spacial score (nSPS) is 24.2. The van der Waals surface area contributed by atoms with Crippen LogP contribution in [0.5, 0.6) is 0 Å². The Morgan fingerprint density at radius 3 is 2.56 bits per heavy atom. The summed E-state index contributed by atoms with van der Waals surface area (Å²) in [5.74, 6) is -0.148. The second-order valence-corrected chi connectivity index (χ2v) is 7.88. The quantitative estimate of drug-likeness (QED) is 0.718. The number of aromatic nitrogens is 1. The van der Waals surface area contributed by atoms with Gasteiger partial charge in [0.1, 0.15) is 5.54 Å². The van der Waals surface area contributed by atoms with Crippen LogP contribution in [0.3, 0.4) is 0 Å². The van der Waals surface area contributed by atoms with Crippen LogP contribution >= 0.6 is 0 Å². The molecule has 2 aliphatic heterocycles. The maximum absolute atomic E-state index is 12.4. The first kappa shape index (κ1) is 17.7. The topological polar surface area (TPSA) is 94.3 Å². The van der Waals surface area contributed by atoms with E-state index in [4.69, 9.17) is 0 Å². The van der Waals surface area contributed by atoms with Crippen molar-refractivity contribution >= 4 is 22.8 Å². The molecule has 0 saturated carbocycles. The molecule has 1 atom stereocenters. The molecule has 3 heterocycles. The number of imide groups is 1. The van der Waals surface area contributed by atoms with E-state index in [0.717, 1.165) is 48.0 Å². The highest BCUT2D eigenvalue weighted by Gasteiger charge is 2.48. The van der Waals surface area contributed by atoms with Crippen LogP contribution in [0.1, 0.15) is 30.9 Å². The molecule has 2 fully saturated rings. The van der Waals surface area contributed by atoms with Crippen LogP contribution in [0, 0.1) is 12.8 Å². The molecule has 142 valence electrons. The van der Waals surface area contributed by atoms with Gasteiger partial charge in [0, 0.05) is 17.6 Å². The number of piperidine rings is 1. The summed E-state index contributed by atoms with van der Waals surface area (Å²) in [7, 11) is 0. The number of carbonyl (C=O) groups excluding carboxylic acids is 2. The van der Waals surface area contributed by atoms with Gasteiger partial charge in [0.15, 0.2) is 0 Å². The zero-order chi connectivity index (χ0) is 19.2. The number of urea groups is 1. The molecule has 7 heteroatoms. The molecule has 0 radical (unpaired) electrons. The molecule has 3 N–H and O–H groups in total. The molecule has 2 aliphatic rings. The third-order valence-corrected chi connectivity index (χ3v) is 5.95. The largest absolute Gasteiger partial charge is 0.323 e. The number of aryl methyl sites for hydroxylation is 1. The summed E-state index contributed by atoms with van der Waals surface area (Å²) in [5.41, 5.74) is 1.84. The maximum Gasteiger partial charge on any atom is 0.322 e. The van der Waals surface area contributed by atoms with Gasteiger partial charge in [-0.3, -0.25) is 19.8 Å². The van der Waals surface area contributed by atoms with Crippen molar-refractivity contribution in [3.63, 3.8) is 0 Å². The number of pyridine rings is 1. The molecule has 1 aromatic heterocycles. The molecule has 3 amide bonds. The number of nitrogens with zero attached hydrogens (tertiary/aromatic N) is 1. The van der Waals surface area contributed by atoms with Crippen molar-refractivity contribution in [2.45, 2.75) is 38.8 Å². The lowest BCUT2D eigenvalue weighted by Crippen LogP contribution is -2.53. The lowest BCUT2D eigenvalue weighted by molar-refractivity contribution is -0.125. The van der Waals surface area contributed by atoms with Gasteiger partial charge in [0.05, 0.1) is 0 Å². The number of H-pyrrole nitrogens is 1. The average Bonchev–Trinajstić information content (AvgIpc) is 2.89. The lowest BCUT2D eigenvalue weighted by Gasteiger charge is -2.38. The maximum atomic E-state index is 12.4. The van der Waals surface area contributed by atoms with E-state index < -0.39 is 11.6 Å². The number of hydrogen-bond acceptors (Lipinski definition) is 4. The van der Waals surface area contributed by atoms with Gasteiger partial charge in [0.2, 0.25) is 0 Å². The summed E-state index contributed by atoms with van der Waals surface area (Å²) >= 11 is 0. The SMILES string of the molecule is Cc1ccc2cc(CN3CCC(C4(C)NC(=O)NC4=O)CC3)c(=O)[nH]c2c1. The molecule has 7 nitrogen and oxygen atoms in total. The zero-order valence-corrected chi connectivity index (χ0v) is 15.6. The van der Waals surface area contributed by atoms with E-state index in [1.165, 1.54) is 0 Å². The number of likely N-dealkylation sites (tertiary alicyclic amines) is 1. The molecule has 0 spiro atoms. The Bertz CT molecular complexity index is 975. The number of aromatic amines is 1. The summed E-state index contributed by atoms with van der Waals surface area (Å²) in [6.07, 6.45) is 1.60. The van der Waals surface area contributed by atoms with E-state index in [0.29, 0.717) is 6.54 Å². The van der Waals surface area contributed by atoms with Gasteiger partial charge in [-0.05, 0) is 68.8 Å². The fourth-order valence-corrected chi connectivity index (χ4v) is 4.23. The van der Waals surface area contributed by atoms with Gasteiger partial charge in [0.25, 0.3) is 11.5 Å². The summed E-state index contributed by atoms with van der Waals surface area (Å²) < 4.78 is 0. The van der Waals surface area contributed by atoms with Crippen LogP contribution in [-0.4, -0.2) is 40.5 Å². The Morgan fingerprint density at radius 1 is 1.15 bits per heavy atom. The molecule has 2 saturated heterocycles. The molecule has 27 heavy (non-hydrogen) atoms. The van der Waals surface area contributed by atoms with Crippen LogP contribution in [0.25, 0.3) is 10.9 Å². The van der Waals surface area contributed by atoms with E-state index in [1.54, 1.807) is 6.92 Å². The van der Waals surface area contributed by atoms with E-state index in [2.05, 4.69) is 20.5 Å². The van der Waals surface area contributed by atoms with E-state index in [1.807, 2.05) is 31.2 Å². The molecule has 4 rings (SSSR count). The summed E-state index contributed by atoms with van der Waals surface area (Å²) in [5, 5.41) is 6.14. The fourth-order valence-electron chi connectivity index (χ4n) is 4.23. The Kier molecular flexibility index (Phi) is 4.26. The molecule has 0 bridgehead atoms. The van der Waals surface area contributed by atoms with Crippen LogP contribution in [-0.2, 0) is 11.3 Å². The minimum atomic E-state index is -0.832. The van der Waals surface area contributed by atoms with Gasteiger partial charge in [-0.2, -0.15) is 0 Å². The molecular formula is C20H24N4O3. The Morgan fingerprint density at radius 2 is 1.89 bits per heavy atom. The second kappa shape index (κ2) is 6.49. The van der Waals surface area contributed by atoms with Crippen LogP contribution in [0.2, 0.25) is 0 Å². The van der Waals surface area contributed by atoms with Gasteiger partial charge in [-0.15, -0.1) is 0 Å². The van der Waals surface area contributed by atoms with E-state index in [-0.39, 0.29) is 17.4 Å². The van der Waals surface area contributed by atoms with Gasteiger partial charge in [-0.25, -0.2) is 4.79 Å². The van der Waals surface area contributed by atoms with Gasteiger partial charge >= 0.3 is 6.03 Å². The van der Waals surface area contributed by atoms with E-state index >= 15 is 0 Å². The van der Waals surface area contributed by atoms with Crippen LogP contribution in [0.15, 0.2) is 29.1 Å². The highest BCUT2D eigenvalue weighted by Crippen LogP contribution is 2.31. The fraction of sp³-hybridized carbons (Fsp3) is 0.450. The molecule has 0 aliphatic carbocycles. The summed E-state index contributed by atoms with van der Waals surface area (Å²) in [4.78, 5) is 41.3. The smallest absolute Gasteiger partial charge is 0.322 e. The molecule has 1 unspecified atom stereocenters. The second-order valence-electron chi connectivity index (χ2n) is 7.88. The van der Waals surface area contributed by atoms with Crippen LogP contribution < -0.4 is 16.2 Å². The first-order valence-electron chi connectivity index (χ1n) is 9.34. The minimum Gasteiger partial charge on any atom is -0.323 e. The standard InChI is InChI=1S/C20H24N4O3/c1-12-3-4-13-10-14(17(25)21-16(13)9-12)11-24-7-5-15(6-8-24)20(2)18(26)22-19(27)23-20/h3-4,9-10,15H,5-8,11H2,1-2H3,(H,21,25)(H2,22,23,26,27). The average molecular weight is 368 g/mol. The van der Waals surface area contributed by atoms with Crippen molar-refractivity contribution in [1.82, 2.24) is 20.5 Å². The predicted octanol–water partition coefficient (Wildman–Crippen LogP) is 1.65. The number of fused-ring (bicyclic) bond motifs is 1. The molecule has 1 aromatic carbocycles. The number of rotatable bonds is 3. The highest BCUT2D eigenvalue weighted by atomic mass is 16.2. The van der Waals surface area contributed by atoms with Crippen LogP contribution in [0.4, 0.5) is 4.79 Å². The summed E-state index contributed by atoms with van der Waals surface area (Å²) in [6, 6.07) is 7.60. The van der Waals surface area contributed by atoms with Crippen molar-refractivity contribution in [2.24, 2.45) is 5.92 Å². The van der Waals surface area contributed by atoms with Crippen molar-refractivity contribution in [1.29, 1.82) is 0 Å². The molecular weight excluding hydrogens is 344 g/mol. The third-order valence-electron chi connectivity index (χ3n) is 5.95. The van der Waals surface area contributed by atoms with E-state index in [9.17, 15) is 14.4 Å². The molecule has 2 aromatic rings. The monoisotopic (exact) mass is 368 g/mol. The third kappa shape index (κ3) is 3.23. The van der Waals surface area contributed by atoms with Crippen molar-refractivity contribution in [3.8, 4) is 0 Å². The number of nitrogens with one attached hydrogen (secondary N) is 3. The van der Waals surface area contributed by atoms with Crippen molar-refractivity contribution < 1.29 is 9.59 Å². The van der Waals surface area contributed by atoms with Crippen molar-refractivity contribution in [3.05, 3.63) is 45.7 Å². The highest BCUT2D eigenvalue weighted by molar-refractivity contribution is 6.06. The Hall–Kier alpha value is -2.67. The zero-order valence-electron chi connectivity index (χ0n) is 15.6. The van der Waals surface area contributed by atoms with Gasteiger partial charge in [-0.1, -0.05) is 12.1 Å². The van der Waals surface area contributed by atoms with Crippen molar-refractivity contribution in [2.75, 3.05) is 13.1 Å². The lowest BCUT2D eigenvalue weighted by atomic mass is 9.79. The number of carbonyl (C=O) groups is 2. The number of benzene rings is 1. The minimum absolute atomic E-state index is 0.0513. The number of amides is 3. The van der Waals surface area contributed by atoms with Gasteiger partial charge < -0.3 is 10.3 Å².